The molecular weight excluding hydrogens is 333 g/mol. The Hall–Kier alpha value is -1.37. The number of aryl methyl sites for hydroxylation is 2. The molecule has 6 heteroatoms. The summed E-state index contributed by atoms with van der Waals surface area (Å²) in [6.07, 6.45) is 0.644. The lowest BCUT2D eigenvalue weighted by Crippen LogP contribution is -2.31. The number of hydrogen-bond donors (Lipinski definition) is 1. The van der Waals surface area contributed by atoms with Crippen molar-refractivity contribution in [3.05, 3.63) is 58.9 Å². The SMILES string of the molecule is Cc1ccc(C)c(S(=O)(=O)N[C@H]2CCSc3c(F)cccc32)c1. The maximum Gasteiger partial charge on any atom is 0.241 e. The van der Waals surface area contributed by atoms with E-state index < -0.39 is 16.1 Å². The molecule has 0 amide bonds. The number of nitrogens with one attached hydrogen (secondary N) is 1. The van der Waals surface area contributed by atoms with E-state index in [-0.39, 0.29) is 10.7 Å². The van der Waals surface area contributed by atoms with Crippen LogP contribution in [0.3, 0.4) is 0 Å². The van der Waals surface area contributed by atoms with Crippen molar-refractivity contribution in [1.29, 1.82) is 0 Å². The van der Waals surface area contributed by atoms with Crippen LogP contribution in [0.5, 0.6) is 0 Å². The summed E-state index contributed by atoms with van der Waals surface area (Å²) < 4.78 is 42.2. The molecule has 3 nitrogen and oxygen atoms in total. The molecule has 0 bridgehead atoms. The second kappa shape index (κ2) is 6.26. The van der Waals surface area contributed by atoms with Crippen LogP contribution >= 0.6 is 11.8 Å². The van der Waals surface area contributed by atoms with Gasteiger partial charge in [0.2, 0.25) is 10.0 Å². The molecule has 3 rings (SSSR count). The predicted octanol–water partition coefficient (Wildman–Crippen LogP) is 3.96. The minimum Gasteiger partial charge on any atom is -0.207 e. The molecule has 1 aliphatic rings. The van der Waals surface area contributed by atoms with Gasteiger partial charge in [-0.2, -0.15) is 0 Å². The Morgan fingerprint density at radius 3 is 2.78 bits per heavy atom. The smallest absolute Gasteiger partial charge is 0.207 e. The Bertz CT molecular complexity index is 850. The van der Waals surface area contributed by atoms with Gasteiger partial charge >= 0.3 is 0 Å². The number of sulfonamides is 1. The third kappa shape index (κ3) is 3.29. The van der Waals surface area contributed by atoms with E-state index in [2.05, 4.69) is 4.72 Å². The first-order valence-corrected chi connectivity index (χ1v) is 9.86. The molecule has 0 unspecified atom stereocenters. The number of benzene rings is 2. The maximum atomic E-state index is 13.9. The molecule has 2 aromatic carbocycles. The molecule has 122 valence electrons. The standard InChI is InChI=1S/C17H18FNO2S2/c1-11-6-7-12(2)16(10-11)23(20,21)19-15-8-9-22-17-13(15)4-3-5-14(17)18/h3-7,10,15,19H,8-9H2,1-2H3/t15-/m0/s1. The highest BCUT2D eigenvalue weighted by molar-refractivity contribution is 7.99. The van der Waals surface area contributed by atoms with E-state index in [9.17, 15) is 12.8 Å². The Balaban J connectivity index is 1.97. The molecule has 0 aromatic heterocycles. The summed E-state index contributed by atoms with van der Waals surface area (Å²) in [5, 5.41) is 0. The molecule has 2 aromatic rings. The van der Waals surface area contributed by atoms with Crippen LogP contribution in [0.15, 0.2) is 46.2 Å². The molecule has 1 N–H and O–H groups in total. The average Bonchev–Trinajstić information content (AvgIpc) is 2.50. The summed E-state index contributed by atoms with van der Waals surface area (Å²) in [6.45, 7) is 3.64. The third-order valence-electron chi connectivity index (χ3n) is 3.96. The first-order valence-electron chi connectivity index (χ1n) is 7.39. The highest BCUT2D eigenvalue weighted by Gasteiger charge is 2.28. The second-order valence-electron chi connectivity index (χ2n) is 5.74. The highest BCUT2D eigenvalue weighted by atomic mass is 32.2. The van der Waals surface area contributed by atoms with Gasteiger partial charge in [-0.1, -0.05) is 24.3 Å². The summed E-state index contributed by atoms with van der Waals surface area (Å²) in [6, 6.07) is 9.78. The summed E-state index contributed by atoms with van der Waals surface area (Å²) >= 11 is 1.44. The van der Waals surface area contributed by atoms with Crippen LogP contribution in [0.2, 0.25) is 0 Å². The second-order valence-corrected chi connectivity index (χ2v) is 8.53. The van der Waals surface area contributed by atoms with Gasteiger partial charge < -0.3 is 0 Å². The van der Waals surface area contributed by atoms with E-state index in [1.165, 1.54) is 17.8 Å². The van der Waals surface area contributed by atoms with E-state index in [1.54, 1.807) is 31.2 Å². The van der Waals surface area contributed by atoms with Gasteiger partial charge in [0.1, 0.15) is 5.82 Å². The van der Waals surface area contributed by atoms with Crippen molar-refractivity contribution >= 4 is 21.8 Å². The Morgan fingerprint density at radius 1 is 1.22 bits per heavy atom. The van der Waals surface area contributed by atoms with E-state index in [4.69, 9.17) is 0 Å². The van der Waals surface area contributed by atoms with Crippen molar-refractivity contribution in [1.82, 2.24) is 4.72 Å². The average molecular weight is 351 g/mol. The van der Waals surface area contributed by atoms with Gasteiger partial charge in [0.25, 0.3) is 0 Å². The zero-order chi connectivity index (χ0) is 16.6. The largest absolute Gasteiger partial charge is 0.241 e. The molecule has 1 atom stereocenters. The van der Waals surface area contributed by atoms with Crippen LogP contribution in [0.25, 0.3) is 0 Å². The monoisotopic (exact) mass is 351 g/mol. The summed E-state index contributed by atoms with van der Waals surface area (Å²) in [7, 11) is -3.65. The molecule has 0 radical (unpaired) electrons. The van der Waals surface area contributed by atoms with E-state index in [0.29, 0.717) is 22.6 Å². The van der Waals surface area contributed by atoms with Crippen LogP contribution in [-0.4, -0.2) is 14.2 Å². The molecule has 0 saturated carbocycles. The van der Waals surface area contributed by atoms with Gasteiger partial charge in [0.05, 0.1) is 4.90 Å². The minimum absolute atomic E-state index is 0.286. The normalized spacial score (nSPS) is 17.8. The van der Waals surface area contributed by atoms with Crippen LogP contribution < -0.4 is 4.72 Å². The van der Waals surface area contributed by atoms with E-state index in [0.717, 1.165) is 11.1 Å². The molecule has 1 aliphatic heterocycles. The van der Waals surface area contributed by atoms with Gasteiger partial charge in [0, 0.05) is 10.9 Å². The molecule has 23 heavy (non-hydrogen) atoms. The first kappa shape index (κ1) is 16.5. The number of fused-ring (bicyclic) bond motifs is 1. The molecule has 0 saturated heterocycles. The van der Waals surface area contributed by atoms with E-state index in [1.807, 2.05) is 13.0 Å². The fourth-order valence-corrected chi connectivity index (χ4v) is 5.48. The summed E-state index contributed by atoms with van der Waals surface area (Å²) in [4.78, 5) is 0.834. The quantitative estimate of drug-likeness (QED) is 0.910. The van der Waals surface area contributed by atoms with Crippen LogP contribution in [0, 0.1) is 19.7 Å². The number of thioether (sulfide) groups is 1. The number of rotatable bonds is 3. The topological polar surface area (TPSA) is 46.2 Å². The van der Waals surface area contributed by atoms with Crippen molar-refractivity contribution < 1.29 is 12.8 Å². The van der Waals surface area contributed by atoms with Crippen LogP contribution in [-0.2, 0) is 10.0 Å². The van der Waals surface area contributed by atoms with Gasteiger partial charge in [-0.3, -0.25) is 0 Å². The maximum absolute atomic E-state index is 13.9. The number of hydrogen-bond acceptors (Lipinski definition) is 3. The first-order chi connectivity index (χ1) is 10.9. The van der Waals surface area contributed by atoms with Gasteiger partial charge in [-0.15, -0.1) is 11.8 Å². The number of halogens is 1. The lowest BCUT2D eigenvalue weighted by Gasteiger charge is -2.26. The van der Waals surface area contributed by atoms with Gasteiger partial charge in [-0.05, 0) is 54.8 Å². The zero-order valence-electron chi connectivity index (χ0n) is 13.0. The highest BCUT2D eigenvalue weighted by Crippen LogP contribution is 2.38. The predicted molar refractivity (Wildman–Crippen MR) is 90.7 cm³/mol. The lowest BCUT2D eigenvalue weighted by molar-refractivity contribution is 0.533. The van der Waals surface area contributed by atoms with E-state index >= 15 is 0 Å². The fourth-order valence-electron chi connectivity index (χ4n) is 2.76. The van der Waals surface area contributed by atoms with Crippen LogP contribution in [0.4, 0.5) is 4.39 Å². The van der Waals surface area contributed by atoms with Crippen molar-refractivity contribution in [2.75, 3.05) is 5.75 Å². The van der Waals surface area contributed by atoms with Crippen molar-refractivity contribution in [3.63, 3.8) is 0 Å². The molecule has 0 aliphatic carbocycles. The zero-order valence-corrected chi connectivity index (χ0v) is 14.6. The molecule has 1 heterocycles. The summed E-state index contributed by atoms with van der Waals surface area (Å²) in [5.74, 6) is 0.400. The van der Waals surface area contributed by atoms with Crippen molar-refractivity contribution in [3.8, 4) is 0 Å². The third-order valence-corrected chi connectivity index (χ3v) is 6.73. The lowest BCUT2D eigenvalue weighted by atomic mass is 10.0. The van der Waals surface area contributed by atoms with Crippen molar-refractivity contribution in [2.24, 2.45) is 0 Å². The van der Waals surface area contributed by atoms with Gasteiger partial charge in [-0.25, -0.2) is 17.5 Å². The summed E-state index contributed by atoms with van der Waals surface area (Å²) in [5.41, 5.74) is 2.31. The minimum atomic E-state index is -3.65. The van der Waals surface area contributed by atoms with Crippen LogP contribution in [0.1, 0.15) is 29.2 Å². The Labute approximate surface area is 140 Å². The Kier molecular flexibility index (Phi) is 4.49. The Morgan fingerprint density at radius 2 is 2.00 bits per heavy atom. The molecule has 0 spiro atoms. The molecular formula is C17H18FNO2S2. The molecule has 0 fully saturated rings. The van der Waals surface area contributed by atoms with Gasteiger partial charge in [0.15, 0.2) is 0 Å². The fraction of sp³-hybridized carbons (Fsp3) is 0.294. The van der Waals surface area contributed by atoms with Crippen molar-refractivity contribution in [2.45, 2.75) is 36.1 Å².